The summed E-state index contributed by atoms with van der Waals surface area (Å²) in [4.78, 5) is 43.7. The molecule has 6 heteroatoms. The highest BCUT2D eigenvalue weighted by Crippen LogP contribution is 2.35. The Bertz CT molecular complexity index is 1110. The largest absolute Gasteiger partial charge is 0.357 e. The average molecular weight is 359 g/mol. The number of carbonyl (C=O) groups is 3. The average Bonchev–Trinajstić information content (AvgIpc) is 3.15. The maximum Gasteiger partial charge on any atom is 0.332 e. The maximum absolute atomic E-state index is 13.0. The van der Waals surface area contributed by atoms with Crippen LogP contribution in [-0.4, -0.2) is 33.6 Å². The molecule has 5 rings (SSSR count). The zero-order valence-corrected chi connectivity index (χ0v) is 14.7. The SMILES string of the molecule is CC(=O)c1ccc(N2C(=O)[C@H]3Cc4c([nH]c5ccccc45)CN3C2=O)cc1. The highest BCUT2D eigenvalue weighted by atomic mass is 16.2. The molecule has 2 aromatic carbocycles. The van der Waals surface area contributed by atoms with Crippen LogP contribution in [0.25, 0.3) is 10.9 Å². The Labute approximate surface area is 155 Å². The van der Waals surface area contributed by atoms with Crippen molar-refractivity contribution in [2.24, 2.45) is 0 Å². The van der Waals surface area contributed by atoms with Crippen molar-refractivity contribution >= 4 is 34.3 Å². The fraction of sp³-hybridized carbons (Fsp3) is 0.190. The third-order valence-electron chi connectivity index (χ3n) is 5.48. The Balaban J connectivity index is 1.51. The molecule has 0 unspecified atom stereocenters. The molecule has 1 aromatic heterocycles. The number of anilines is 1. The molecule has 6 nitrogen and oxygen atoms in total. The second kappa shape index (κ2) is 5.54. The van der Waals surface area contributed by atoms with Gasteiger partial charge in [-0.25, -0.2) is 9.69 Å². The van der Waals surface area contributed by atoms with Gasteiger partial charge in [0.2, 0.25) is 0 Å². The summed E-state index contributed by atoms with van der Waals surface area (Å²) in [7, 11) is 0. The van der Waals surface area contributed by atoms with E-state index in [4.69, 9.17) is 0 Å². The van der Waals surface area contributed by atoms with Gasteiger partial charge >= 0.3 is 6.03 Å². The number of carbonyl (C=O) groups excluding carboxylic acids is 3. The number of rotatable bonds is 2. The Kier molecular flexibility index (Phi) is 3.25. The minimum absolute atomic E-state index is 0.0524. The van der Waals surface area contributed by atoms with Gasteiger partial charge in [-0.2, -0.15) is 0 Å². The Morgan fingerprint density at radius 2 is 1.81 bits per heavy atom. The smallest absolute Gasteiger partial charge is 0.332 e. The van der Waals surface area contributed by atoms with Crippen molar-refractivity contribution in [3.63, 3.8) is 0 Å². The van der Waals surface area contributed by atoms with Crippen LogP contribution >= 0.6 is 0 Å². The third kappa shape index (κ3) is 2.23. The fourth-order valence-electron chi connectivity index (χ4n) is 4.08. The molecule has 1 N–H and O–H groups in total. The lowest BCUT2D eigenvalue weighted by molar-refractivity contribution is -0.119. The summed E-state index contributed by atoms with van der Waals surface area (Å²) in [6, 6.07) is 13.8. The van der Waals surface area contributed by atoms with Gasteiger partial charge < -0.3 is 9.88 Å². The Morgan fingerprint density at radius 3 is 2.56 bits per heavy atom. The van der Waals surface area contributed by atoms with E-state index >= 15 is 0 Å². The van der Waals surface area contributed by atoms with Gasteiger partial charge in [0.05, 0.1) is 12.2 Å². The monoisotopic (exact) mass is 359 g/mol. The lowest BCUT2D eigenvalue weighted by Gasteiger charge is -2.26. The van der Waals surface area contributed by atoms with E-state index < -0.39 is 6.04 Å². The molecular weight excluding hydrogens is 342 g/mol. The first kappa shape index (κ1) is 15.8. The molecule has 3 amide bonds. The highest BCUT2D eigenvalue weighted by molar-refractivity contribution is 6.21. The number of benzene rings is 2. The van der Waals surface area contributed by atoms with Gasteiger partial charge in [-0.15, -0.1) is 0 Å². The lowest BCUT2D eigenvalue weighted by atomic mass is 9.97. The van der Waals surface area contributed by atoms with Crippen LogP contribution in [0.15, 0.2) is 48.5 Å². The van der Waals surface area contributed by atoms with E-state index in [0.717, 1.165) is 22.2 Å². The van der Waals surface area contributed by atoms with E-state index in [2.05, 4.69) is 4.98 Å². The Hall–Kier alpha value is -3.41. The van der Waals surface area contributed by atoms with Crippen molar-refractivity contribution < 1.29 is 14.4 Å². The summed E-state index contributed by atoms with van der Waals surface area (Å²) in [5, 5.41) is 1.11. The fourth-order valence-corrected chi connectivity index (χ4v) is 4.08. The number of aromatic nitrogens is 1. The van der Waals surface area contributed by atoms with Gasteiger partial charge in [-0.1, -0.05) is 18.2 Å². The zero-order valence-electron chi connectivity index (χ0n) is 14.7. The second-order valence-corrected chi connectivity index (χ2v) is 7.03. The van der Waals surface area contributed by atoms with Gasteiger partial charge in [0.1, 0.15) is 6.04 Å². The number of Topliss-reactive ketones (excluding diaryl/α,β-unsaturated/α-hetero) is 1. The number of H-pyrrole nitrogens is 1. The first-order valence-corrected chi connectivity index (χ1v) is 8.88. The standard InChI is InChI=1S/C21H17N3O3/c1-12(25)13-6-8-14(9-7-13)24-20(26)19-10-16-15-4-2-3-5-17(15)22-18(16)11-23(19)21(24)27/h2-9,19,22H,10-11H2,1H3/t19-/m1/s1. The maximum atomic E-state index is 13.0. The molecule has 1 atom stereocenters. The van der Waals surface area contributed by atoms with Crippen LogP contribution in [0, 0.1) is 0 Å². The second-order valence-electron chi connectivity index (χ2n) is 7.03. The number of urea groups is 1. The van der Waals surface area contributed by atoms with E-state index in [1.165, 1.54) is 11.8 Å². The molecule has 0 bridgehead atoms. The van der Waals surface area contributed by atoms with Crippen molar-refractivity contribution in [3.05, 3.63) is 65.4 Å². The number of amides is 3. The van der Waals surface area contributed by atoms with Crippen molar-refractivity contribution in [3.8, 4) is 0 Å². The first-order valence-electron chi connectivity index (χ1n) is 8.88. The topological polar surface area (TPSA) is 73.5 Å². The Morgan fingerprint density at radius 1 is 1.07 bits per heavy atom. The molecule has 3 heterocycles. The van der Waals surface area contributed by atoms with Gasteiger partial charge in [0, 0.05) is 28.6 Å². The molecule has 0 saturated carbocycles. The molecule has 2 aliphatic rings. The summed E-state index contributed by atoms with van der Waals surface area (Å²) in [5.74, 6) is -0.269. The summed E-state index contributed by atoms with van der Waals surface area (Å²) in [5.41, 5.74) is 4.18. The van der Waals surface area contributed by atoms with Crippen LogP contribution in [0.3, 0.4) is 0 Å². The van der Waals surface area contributed by atoms with E-state index in [9.17, 15) is 14.4 Å². The first-order chi connectivity index (χ1) is 13.0. The number of ketones is 1. The summed E-state index contributed by atoms with van der Waals surface area (Å²) in [6.07, 6.45) is 0.506. The predicted octanol–water partition coefficient (Wildman–Crippen LogP) is 3.26. The quantitative estimate of drug-likeness (QED) is 0.564. The highest BCUT2D eigenvalue weighted by Gasteiger charge is 2.48. The summed E-state index contributed by atoms with van der Waals surface area (Å²) < 4.78 is 0. The van der Waals surface area contributed by atoms with Gasteiger partial charge in [-0.05, 0) is 42.8 Å². The molecule has 0 spiro atoms. The number of nitrogens with one attached hydrogen (secondary N) is 1. The molecule has 27 heavy (non-hydrogen) atoms. The number of imide groups is 1. The van der Waals surface area contributed by atoms with Crippen LogP contribution in [-0.2, 0) is 17.8 Å². The van der Waals surface area contributed by atoms with E-state index in [1.807, 2.05) is 24.3 Å². The predicted molar refractivity (Wildman–Crippen MR) is 101 cm³/mol. The van der Waals surface area contributed by atoms with Crippen LogP contribution in [0.5, 0.6) is 0 Å². The zero-order chi connectivity index (χ0) is 18.7. The lowest BCUT2D eigenvalue weighted by Crippen LogP contribution is -2.39. The molecule has 1 fully saturated rings. The number of aromatic amines is 1. The normalized spacial score (nSPS) is 18.8. The third-order valence-corrected chi connectivity index (χ3v) is 5.48. The number of para-hydroxylation sites is 1. The van der Waals surface area contributed by atoms with Crippen LogP contribution in [0.4, 0.5) is 10.5 Å². The van der Waals surface area contributed by atoms with Crippen molar-refractivity contribution in [2.75, 3.05) is 4.90 Å². The number of nitrogens with zero attached hydrogens (tertiary/aromatic N) is 2. The molecule has 134 valence electrons. The van der Waals surface area contributed by atoms with Crippen LogP contribution in [0.1, 0.15) is 28.5 Å². The summed E-state index contributed by atoms with van der Waals surface area (Å²) >= 11 is 0. The molecule has 3 aromatic rings. The minimum atomic E-state index is -0.489. The van der Waals surface area contributed by atoms with Crippen molar-refractivity contribution in [1.82, 2.24) is 9.88 Å². The van der Waals surface area contributed by atoms with E-state index in [-0.39, 0.29) is 17.7 Å². The van der Waals surface area contributed by atoms with E-state index in [1.54, 1.807) is 29.2 Å². The molecule has 0 radical (unpaired) electrons. The van der Waals surface area contributed by atoms with Crippen molar-refractivity contribution in [1.29, 1.82) is 0 Å². The van der Waals surface area contributed by atoms with Crippen LogP contribution < -0.4 is 4.90 Å². The number of fused-ring (bicyclic) bond motifs is 4. The van der Waals surface area contributed by atoms with E-state index in [0.29, 0.717) is 24.2 Å². The van der Waals surface area contributed by atoms with Gasteiger partial charge in [0.25, 0.3) is 5.91 Å². The number of hydrogen-bond acceptors (Lipinski definition) is 3. The molecule has 1 saturated heterocycles. The molecule has 0 aliphatic carbocycles. The molecule has 2 aliphatic heterocycles. The van der Waals surface area contributed by atoms with Gasteiger partial charge in [-0.3, -0.25) is 9.59 Å². The van der Waals surface area contributed by atoms with Crippen molar-refractivity contribution in [2.45, 2.75) is 25.9 Å². The van der Waals surface area contributed by atoms with Gasteiger partial charge in [0.15, 0.2) is 5.78 Å². The summed E-state index contributed by atoms with van der Waals surface area (Å²) in [6.45, 7) is 1.88. The van der Waals surface area contributed by atoms with Crippen LogP contribution in [0.2, 0.25) is 0 Å². The molecular formula is C21H17N3O3. The minimum Gasteiger partial charge on any atom is -0.357 e. The number of hydrogen-bond donors (Lipinski definition) is 1.